The van der Waals surface area contributed by atoms with Crippen LogP contribution in [0, 0.1) is 5.82 Å². The van der Waals surface area contributed by atoms with Gasteiger partial charge in [0.1, 0.15) is 17.5 Å². The molecule has 30 heavy (non-hydrogen) atoms. The van der Waals surface area contributed by atoms with E-state index >= 15 is 0 Å². The molecule has 162 valence electrons. The van der Waals surface area contributed by atoms with Crippen LogP contribution in [0.15, 0.2) is 30.3 Å². The van der Waals surface area contributed by atoms with Crippen LogP contribution in [0.25, 0.3) is 0 Å². The molecule has 1 saturated heterocycles. The maximum absolute atomic E-state index is 14.0. The summed E-state index contributed by atoms with van der Waals surface area (Å²) in [4.78, 5) is 27.5. The molecule has 1 aliphatic rings. The third-order valence-corrected chi connectivity index (χ3v) is 5.24. The maximum atomic E-state index is 14.0. The Morgan fingerprint density at radius 1 is 1.20 bits per heavy atom. The SMILES string of the molecule is COCCN1CC(c2cc(N(C)C)nc(CN(C)Cc3ccccc3F)n2)CC1=O. The predicted octanol–water partition coefficient (Wildman–Crippen LogP) is 2.28. The number of hydrogen-bond donors (Lipinski definition) is 0. The Hall–Kier alpha value is -2.58. The molecule has 0 spiro atoms. The van der Waals surface area contributed by atoms with Crippen molar-refractivity contribution in [2.45, 2.75) is 25.4 Å². The first-order valence-corrected chi connectivity index (χ1v) is 10.1. The van der Waals surface area contributed by atoms with E-state index in [2.05, 4.69) is 4.98 Å². The number of carbonyl (C=O) groups is 1. The van der Waals surface area contributed by atoms with Crippen molar-refractivity contribution >= 4 is 11.7 Å². The highest BCUT2D eigenvalue weighted by Crippen LogP contribution is 2.28. The lowest BCUT2D eigenvalue weighted by atomic mass is 10.0. The van der Waals surface area contributed by atoms with Crippen LogP contribution in [0.5, 0.6) is 0 Å². The highest BCUT2D eigenvalue weighted by atomic mass is 19.1. The van der Waals surface area contributed by atoms with E-state index in [9.17, 15) is 9.18 Å². The summed E-state index contributed by atoms with van der Waals surface area (Å²) in [5.41, 5.74) is 1.51. The van der Waals surface area contributed by atoms with Crippen LogP contribution in [0.2, 0.25) is 0 Å². The molecule has 0 bridgehead atoms. The lowest BCUT2D eigenvalue weighted by Crippen LogP contribution is -2.28. The molecular weight excluding hydrogens is 385 g/mol. The van der Waals surface area contributed by atoms with Gasteiger partial charge in [0.15, 0.2) is 0 Å². The highest BCUT2D eigenvalue weighted by molar-refractivity contribution is 5.79. The third kappa shape index (κ3) is 5.52. The van der Waals surface area contributed by atoms with Crippen molar-refractivity contribution in [1.82, 2.24) is 19.8 Å². The van der Waals surface area contributed by atoms with Crippen LogP contribution in [-0.2, 0) is 22.6 Å². The average Bonchev–Trinajstić information content (AvgIpc) is 3.08. The zero-order valence-electron chi connectivity index (χ0n) is 18.1. The van der Waals surface area contributed by atoms with Crippen molar-refractivity contribution in [2.24, 2.45) is 0 Å². The van der Waals surface area contributed by atoms with Crippen molar-refractivity contribution in [3.63, 3.8) is 0 Å². The fraction of sp³-hybridized carbons (Fsp3) is 0.500. The minimum absolute atomic E-state index is 0.0340. The Labute approximate surface area is 177 Å². The Morgan fingerprint density at radius 3 is 2.67 bits per heavy atom. The van der Waals surface area contributed by atoms with Crippen molar-refractivity contribution in [3.8, 4) is 0 Å². The quantitative estimate of drug-likeness (QED) is 0.626. The summed E-state index contributed by atoms with van der Waals surface area (Å²) >= 11 is 0. The smallest absolute Gasteiger partial charge is 0.223 e. The summed E-state index contributed by atoms with van der Waals surface area (Å²) < 4.78 is 19.1. The second kappa shape index (κ2) is 9.95. The van der Waals surface area contributed by atoms with Gasteiger partial charge in [-0.25, -0.2) is 14.4 Å². The molecule has 1 aromatic carbocycles. The number of halogens is 1. The lowest BCUT2D eigenvalue weighted by molar-refractivity contribution is -0.128. The number of methoxy groups -OCH3 is 1. The summed E-state index contributed by atoms with van der Waals surface area (Å²) in [6.45, 7) is 2.70. The molecule has 1 aliphatic heterocycles. The molecule has 0 N–H and O–H groups in total. The second-order valence-electron chi connectivity index (χ2n) is 7.96. The summed E-state index contributed by atoms with van der Waals surface area (Å²) in [5, 5.41) is 0. The molecular formula is C22H30FN5O2. The summed E-state index contributed by atoms with van der Waals surface area (Å²) in [6.07, 6.45) is 0.443. The number of anilines is 1. The molecule has 8 heteroatoms. The predicted molar refractivity (Wildman–Crippen MR) is 114 cm³/mol. The minimum atomic E-state index is -0.214. The lowest BCUT2D eigenvalue weighted by Gasteiger charge is -2.20. The van der Waals surface area contributed by atoms with Gasteiger partial charge in [-0.15, -0.1) is 0 Å². The fourth-order valence-corrected chi connectivity index (χ4v) is 3.61. The molecule has 2 aromatic rings. The molecule has 1 atom stereocenters. The summed E-state index contributed by atoms with van der Waals surface area (Å²) in [5.74, 6) is 1.41. The van der Waals surface area contributed by atoms with Gasteiger partial charge in [0, 0.05) is 64.8 Å². The number of carbonyl (C=O) groups excluding carboxylic acids is 1. The van der Waals surface area contributed by atoms with E-state index < -0.39 is 0 Å². The number of benzene rings is 1. The molecule has 1 aromatic heterocycles. The molecule has 2 heterocycles. The van der Waals surface area contributed by atoms with Gasteiger partial charge in [-0.05, 0) is 13.1 Å². The molecule has 0 aliphatic carbocycles. The van der Waals surface area contributed by atoms with Crippen LogP contribution in [-0.4, -0.2) is 73.6 Å². The van der Waals surface area contributed by atoms with Gasteiger partial charge in [0.2, 0.25) is 5.91 Å². The topological polar surface area (TPSA) is 61.8 Å². The Kier molecular flexibility index (Phi) is 7.33. The van der Waals surface area contributed by atoms with Gasteiger partial charge < -0.3 is 14.5 Å². The Morgan fingerprint density at radius 2 is 1.97 bits per heavy atom. The Balaban J connectivity index is 1.76. The number of likely N-dealkylation sites (tertiary alicyclic amines) is 1. The van der Waals surface area contributed by atoms with Gasteiger partial charge in [0.05, 0.1) is 18.8 Å². The van der Waals surface area contributed by atoms with Gasteiger partial charge >= 0.3 is 0 Å². The van der Waals surface area contributed by atoms with E-state index in [-0.39, 0.29) is 17.6 Å². The molecule has 1 fully saturated rings. The monoisotopic (exact) mass is 415 g/mol. The zero-order chi connectivity index (χ0) is 21.7. The number of hydrogen-bond acceptors (Lipinski definition) is 6. The molecule has 0 radical (unpaired) electrons. The van der Waals surface area contributed by atoms with Gasteiger partial charge in [0.25, 0.3) is 0 Å². The first kappa shape index (κ1) is 22.1. The first-order chi connectivity index (χ1) is 14.4. The van der Waals surface area contributed by atoms with E-state index in [1.807, 2.05) is 48.0 Å². The van der Waals surface area contributed by atoms with Gasteiger partial charge in [-0.1, -0.05) is 18.2 Å². The van der Waals surface area contributed by atoms with Gasteiger partial charge in [-0.3, -0.25) is 9.69 Å². The average molecular weight is 416 g/mol. The molecule has 1 unspecified atom stereocenters. The highest BCUT2D eigenvalue weighted by Gasteiger charge is 2.32. The van der Waals surface area contributed by atoms with Crippen LogP contribution in [0.3, 0.4) is 0 Å². The summed E-state index contributed by atoms with van der Waals surface area (Å²) in [6, 6.07) is 8.73. The first-order valence-electron chi connectivity index (χ1n) is 10.1. The summed E-state index contributed by atoms with van der Waals surface area (Å²) in [7, 11) is 7.42. The number of ether oxygens (including phenoxy) is 1. The van der Waals surface area contributed by atoms with E-state index in [0.717, 1.165) is 11.5 Å². The maximum Gasteiger partial charge on any atom is 0.223 e. The number of aromatic nitrogens is 2. The third-order valence-electron chi connectivity index (χ3n) is 5.24. The normalized spacial score (nSPS) is 16.5. The van der Waals surface area contributed by atoms with Crippen LogP contribution in [0.1, 0.15) is 29.4 Å². The van der Waals surface area contributed by atoms with E-state index in [0.29, 0.717) is 50.6 Å². The standard InChI is InChI=1S/C22H30FN5O2/c1-26(2)21-12-19(17-11-22(29)28(14-17)9-10-30-4)24-20(25-21)15-27(3)13-16-7-5-6-8-18(16)23/h5-8,12,17H,9-11,13-15H2,1-4H3. The number of nitrogens with zero attached hydrogens (tertiary/aromatic N) is 5. The Bertz CT molecular complexity index is 876. The number of amides is 1. The van der Waals surface area contributed by atoms with Crippen LogP contribution >= 0.6 is 0 Å². The van der Waals surface area contributed by atoms with Crippen LogP contribution < -0.4 is 4.90 Å². The molecule has 7 nitrogen and oxygen atoms in total. The van der Waals surface area contributed by atoms with E-state index in [1.54, 1.807) is 19.2 Å². The largest absolute Gasteiger partial charge is 0.383 e. The van der Waals surface area contributed by atoms with Crippen molar-refractivity contribution in [1.29, 1.82) is 0 Å². The molecule has 1 amide bonds. The van der Waals surface area contributed by atoms with E-state index in [4.69, 9.17) is 9.72 Å². The van der Waals surface area contributed by atoms with Gasteiger partial charge in [-0.2, -0.15) is 0 Å². The van der Waals surface area contributed by atoms with E-state index in [1.165, 1.54) is 6.07 Å². The van der Waals surface area contributed by atoms with Crippen LogP contribution in [0.4, 0.5) is 10.2 Å². The zero-order valence-corrected chi connectivity index (χ0v) is 18.1. The fourth-order valence-electron chi connectivity index (χ4n) is 3.61. The van der Waals surface area contributed by atoms with Crippen molar-refractivity contribution in [2.75, 3.05) is 52.8 Å². The number of rotatable bonds is 9. The minimum Gasteiger partial charge on any atom is -0.383 e. The van der Waals surface area contributed by atoms with Crippen molar-refractivity contribution < 1.29 is 13.9 Å². The molecule has 0 saturated carbocycles. The second-order valence-corrected chi connectivity index (χ2v) is 7.96. The van der Waals surface area contributed by atoms with Crippen molar-refractivity contribution in [3.05, 3.63) is 53.2 Å². The molecule has 3 rings (SSSR count).